The van der Waals surface area contributed by atoms with Crippen molar-refractivity contribution in [2.24, 2.45) is 0 Å². The maximum absolute atomic E-state index is 6.17. The van der Waals surface area contributed by atoms with Crippen LogP contribution in [0, 0.1) is 0 Å². The maximum Gasteiger partial charge on any atom is 0.0744 e. The Bertz CT molecular complexity index is 823. The number of hydrogen-bond acceptors (Lipinski definition) is 1. The zero-order valence-corrected chi connectivity index (χ0v) is 14.2. The van der Waals surface area contributed by atoms with Crippen LogP contribution in [0.25, 0.3) is 22.2 Å². The second-order valence-electron chi connectivity index (χ2n) is 5.29. The minimum Gasteiger partial charge on any atom is -0.247 e. The van der Waals surface area contributed by atoms with Crippen molar-refractivity contribution in [3.05, 3.63) is 63.6 Å². The Morgan fingerprint density at radius 2 is 1.45 bits per heavy atom. The highest BCUT2D eigenvalue weighted by Gasteiger charge is 2.14. The van der Waals surface area contributed by atoms with Crippen LogP contribution in [0.5, 0.6) is 0 Å². The van der Waals surface area contributed by atoms with Crippen LogP contribution >= 0.6 is 23.2 Å². The van der Waals surface area contributed by atoms with Gasteiger partial charge in [0.2, 0.25) is 0 Å². The van der Waals surface area contributed by atoms with E-state index in [0.717, 1.165) is 45.0 Å². The molecule has 112 valence electrons. The molecule has 3 rings (SSSR count). The molecule has 3 heteroatoms. The first kappa shape index (κ1) is 15.3. The Labute approximate surface area is 140 Å². The van der Waals surface area contributed by atoms with Crippen molar-refractivity contribution < 1.29 is 0 Å². The molecular weight excluding hydrogens is 313 g/mol. The molecular formula is C19H17Cl2N. The van der Waals surface area contributed by atoms with E-state index in [1.165, 1.54) is 11.1 Å². The summed E-state index contributed by atoms with van der Waals surface area (Å²) in [6.45, 7) is 4.35. The summed E-state index contributed by atoms with van der Waals surface area (Å²) in [4.78, 5) is 4.89. The molecule has 0 amide bonds. The van der Waals surface area contributed by atoms with Gasteiger partial charge < -0.3 is 0 Å². The molecule has 0 bridgehead atoms. The van der Waals surface area contributed by atoms with Gasteiger partial charge in [0.25, 0.3) is 0 Å². The van der Waals surface area contributed by atoms with Gasteiger partial charge in [0.15, 0.2) is 0 Å². The Morgan fingerprint density at radius 3 is 2.09 bits per heavy atom. The highest BCUT2D eigenvalue weighted by molar-refractivity contribution is 6.31. The van der Waals surface area contributed by atoms with Gasteiger partial charge in [-0.1, -0.05) is 49.2 Å². The second kappa shape index (κ2) is 6.28. The lowest BCUT2D eigenvalue weighted by Crippen LogP contribution is -2.00. The second-order valence-corrected chi connectivity index (χ2v) is 6.17. The molecule has 1 aromatic heterocycles. The van der Waals surface area contributed by atoms with Gasteiger partial charge >= 0.3 is 0 Å². The molecule has 0 unspecified atom stereocenters. The van der Waals surface area contributed by atoms with Crippen molar-refractivity contribution in [1.82, 2.24) is 4.98 Å². The first-order valence-corrected chi connectivity index (χ1v) is 8.26. The first-order valence-electron chi connectivity index (χ1n) is 7.51. The van der Waals surface area contributed by atoms with Crippen LogP contribution in [0.2, 0.25) is 10.0 Å². The molecule has 1 nitrogen and oxygen atoms in total. The van der Waals surface area contributed by atoms with Gasteiger partial charge in [-0.15, -0.1) is 0 Å². The Kier molecular flexibility index (Phi) is 4.37. The Morgan fingerprint density at radius 1 is 0.818 bits per heavy atom. The summed E-state index contributed by atoms with van der Waals surface area (Å²) in [7, 11) is 0. The Hall–Kier alpha value is -1.57. The van der Waals surface area contributed by atoms with Gasteiger partial charge in [0, 0.05) is 21.0 Å². The smallest absolute Gasteiger partial charge is 0.0744 e. The van der Waals surface area contributed by atoms with E-state index in [4.69, 9.17) is 28.2 Å². The van der Waals surface area contributed by atoms with Gasteiger partial charge in [-0.05, 0) is 54.3 Å². The fraction of sp³-hybridized carbons (Fsp3) is 0.211. The summed E-state index contributed by atoms with van der Waals surface area (Å²) in [5, 5.41) is 2.65. The van der Waals surface area contributed by atoms with Crippen LogP contribution < -0.4 is 0 Å². The standard InChI is InChI=1S/C19H17Cl2N/c1-3-15-16(4-2)19(12-5-7-13(20)8-6-12)22-18-10-9-14(21)11-17(15)18/h5-11H,3-4H2,1-2H3. The number of nitrogens with zero attached hydrogens (tertiary/aromatic N) is 1. The molecule has 0 aliphatic heterocycles. The van der Waals surface area contributed by atoms with E-state index in [-0.39, 0.29) is 0 Å². The predicted octanol–water partition coefficient (Wildman–Crippen LogP) is 6.33. The summed E-state index contributed by atoms with van der Waals surface area (Å²) in [6, 6.07) is 13.8. The van der Waals surface area contributed by atoms with Crippen LogP contribution in [0.3, 0.4) is 0 Å². The minimum absolute atomic E-state index is 0.741. The van der Waals surface area contributed by atoms with Gasteiger partial charge in [-0.2, -0.15) is 0 Å². The van der Waals surface area contributed by atoms with Crippen molar-refractivity contribution >= 4 is 34.1 Å². The summed E-state index contributed by atoms with van der Waals surface area (Å²) in [5.74, 6) is 0. The molecule has 2 aromatic carbocycles. The van der Waals surface area contributed by atoms with Crippen molar-refractivity contribution in [2.45, 2.75) is 26.7 Å². The van der Waals surface area contributed by atoms with Crippen molar-refractivity contribution in [3.63, 3.8) is 0 Å². The zero-order valence-electron chi connectivity index (χ0n) is 12.7. The minimum atomic E-state index is 0.741. The zero-order chi connectivity index (χ0) is 15.7. The van der Waals surface area contributed by atoms with E-state index in [2.05, 4.69) is 13.8 Å². The molecule has 1 heterocycles. The highest BCUT2D eigenvalue weighted by atomic mass is 35.5. The lowest BCUT2D eigenvalue weighted by atomic mass is 9.94. The van der Waals surface area contributed by atoms with E-state index in [0.29, 0.717) is 0 Å². The van der Waals surface area contributed by atoms with Crippen LogP contribution in [-0.4, -0.2) is 4.98 Å². The van der Waals surface area contributed by atoms with E-state index < -0.39 is 0 Å². The quantitative estimate of drug-likeness (QED) is 0.546. The van der Waals surface area contributed by atoms with E-state index in [9.17, 15) is 0 Å². The molecule has 0 fully saturated rings. The largest absolute Gasteiger partial charge is 0.247 e. The fourth-order valence-electron chi connectivity index (χ4n) is 2.97. The third-order valence-corrected chi connectivity index (χ3v) is 4.48. The van der Waals surface area contributed by atoms with Crippen molar-refractivity contribution in [2.75, 3.05) is 0 Å². The average Bonchev–Trinajstić information content (AvgIpc) is 2.53. The van der Waals surface area contributed by atoms with E-state index >= 15 is 0 Å². The predicted molar refractivity (Wildman–Crippen MR) is 96.0 cm³/mol. The van der Waals surface area contributed by atoms with Crippen LogP contribution in [0.4, 0.5) is 0 Å². The lowest BCUT2D eigenvalue weighted by Gasteiger charge is -2.16. The average molecular weight is 330 g/mol. The van der Waals surface area contributed by atoms with E-state index in [1.807, 2.05) is 42.5 Å². The third kappa shape index (κ3) is 2.71. The van der Waals surface area contributed by atoms with Crippen LogP contribution in [0.15, 0.2) is 42.5 Å². The number of hydrogen-bond donors (Lipinski definition) is 0. The molecule has 0 spiro atoms. The highest BCUT2D eigenvalue weighted by Crippen LogP contribution is 2.32. The van der Waals surface area contributed by atoms with Crippen molar-refractivity contribution in [3.8, 4) is 11.3 Å². The van der Waals surface area contributed by atoms with Crippen LogP contribution in [0.1, 0.15) is 25.0 Å². The molecule has 3 aromatic rings. The number of halogens is 2. The molecule has 0 saturated heterocycles. The van der Waals surface area contributed by atoms with Gasteiger partial charge in [0.05, 0.1) is 11.2 Å². The molecule has 0 radical (unpaired) electrons. The number of aromatic nitrogens is 1. The Balaban J connectivity index is 2.34. The number of aryl methyl sites for hydroxylation is 1. The monoisotopic (exact) mass is 329 g/mol. The summed E-state index contributed by atoms with van der Waals surface area (Å²) in [6.07, 6.45) is 1.90. The topological polar surface area (TPSA) is 12.9 Å². The normalized spacial score (nSPS) is 11.1. The van der Waals surface area contributed by atoms with E-state index in [1.54, 1.807) is 0 Å². The maximum atomic E-state index is 6.17. The number of fused-ring (bicyclic) bond motifs is 1. The van der Waals surface area contributed by atoms with Gasteiger partial charge in [-0.3, -0.25) is 0 Å². The molecule has 0 aliphatic rings. The van der Waals surface area contributed by atoms with Gasteiger partial charge in [-0.25, -0.2) is 4.98 Å². The number of benzene rings is 2. The first-order chi connectivity index (χ1) is 10.6. The number of rotatable bonds is 3. The molecule has 0 atom stereocenters. The summed E-state index contributed by atoms with van der Waals surface area (Å²) in [5.41, 5.74) is 5.77. The fourth-order valence-corrected chi connectivity index (χ4v) is 3.27. The SMILES string of the molecule is CCc1c(-c2ccc(Cl)cc2)nc2ccc(Cl)cc2c1CC. The third-order valence-electron chi connectivity index (χ3n) is 3.99. The molecule has 0 saturated carbocycles. The molecule has 0 N–H and O–H groups in total. The number of pyridine rings is 1. The molecule has 0 aliphatic carbocycles. The summed E-state index contributed by atoms with van der Waals surface area (Å²) < 4.78 is 0. The summed E-state index contributed by atoms with van der Waals surface area (Å²) >= 11 is 12.2. The molecule has 22 heavy (non-hydrogen) atoms. The lowest BCUT2D eigenvalue weighted by molar-refractivity contribution is 1.04. The van der Waals surface area contributed by atoms with Gasteiger partial charge in [0.1, 0.15) is 0 Å². The van der Waals surface area contributed by atoms with Crippen LogP contribution in [-0.2, 0) is 12.8 Å². The van der Waals surface area contributed by atoms with Crippen molar-refractivity contribution in [1.29, 1.82) is 0 Å².